The lowest BCUT2D eigenvalue weighted by molar-refractivity contribution is -0.161. The second-order valence-corrected chi connectivity index (χ2v) is 4.28. The SMILES string of the molecule is CCOC(=O)C(C(=O)OCC)C1=C(Cl)C(Cl)C(=O)O1. The number of esters is 3. The van der Waals surface area contributed by atoms with Crippen molar-refractivity contribution >= 4 is 41.1 Å². The maximum absolute atomic E-state index is 11.8. The van der Waals surface area contributed by atoms with Crippen molar-refractivity contribution < 1.29 is 28.6 Å². The first-order valence-electron chi connectivity index (χ1n) is 5.52. The molecule has 0 aromatic carbocycles. The van der Waals surface area contributed by atoms with Gasteiger partial charge in [-0.2, -0.15) is 0 Å². The normalized spacial score (nSPS) is 18.6. The summed E-state index contributed by atoms with van der Waals surface area (Å²) in [6.07, 6.45) is 0. The number of carbonyl (C=O) groups is 3. The zero-order valence-electron chi connectivity index (χ0n) is 10.3. The molecular weight excluding hydrogens is 299 g/mol. The van der Waals surface area contributed by atoms with Crippen LogP contribution in [0.25, 0.3) is 0 Å². The van der Waals surface area contributed by atoms with Crippen molar-refractivity contribution in [3.05, 3.63) is 10.8 Å². The largest absolute Gasteiger partial charge is 0.465 e. The third-order valence-corrected chi connectivity index (χ3v) is 3.09. The summed E-state index contributed by atoms with van der Waals surface area (Å²) in [5.74, 6) is -4.54. The lowest BCUT2D eigenvalue weighted by Gasteiger charge is -2.14. The first-order valence-corrected chi connectivity index (χ1v) is 6.34. The Bertz CT molecular complexity index is 413. The van der Waals surface area contributed by atoms with Crippen LogP contribution in [0.3, 0.4) is 0 Å². The molecule has 0 aliphatic carbocycles. The molecule has 1 heterocycles. The van der Waals surface area contributed by atoms with Crippen molar-refractivity contribution in [3.8, 4) is 0 Å². The smallest absolute Gasteiger partial charge is 0.334 e. The number of halogens is 2. The maximum atomic E-state index is 11.8. The summed E-state index contributed by atoms with van der Waals surface area (Å²) >= 11 is 11.4. The van der Waals surface area contributed by atoms with Crippen molar-refractivity contribution in [2.45, 2.75) is 19.2 Å². The van der Waals surface area contributed by atoms with Gasteiger partial charge in [0.1, 0.15) is 5.76 Å². The minimum Gasteiger partial charge on any atom is -0.465 e. The van der Waals surface area contributed by atoms with Gasteiger partial charge in [0.25, 0.3) is 0 Å². The molecule has 8 heteroatoms. The average molecular weight is 311 g/mol. The number of rotatable bonds is 5. The van der Waals surface area contributed by atoms with Crippen LogP contribution < -0.4 is 0 Å². The van der Waals surface area contributed by atoms with Crippen LogP contribution >= 0.6 is 23.2 Å². The molecule has 0 saturated heterocycles. The predicted octanol–water partition coefficient (Wildman–Crippen LogP) is 1.34. The molecular formula is C11H12Cl2O6. The van der Waals surface area contributed by atoms with Gasteiger partial charge < -0.3 is 14.2 Å². The lowest BCUT2D eigenvalue weighted by atomic mass is 10.1. The second-order valence-electron chi connectivity index (χ2n) is 3.43. The van der Waals surface area contributed by atoms with E-state index in [1.807, 2.05) is 0 Å². The Morgan fingerprint density at radius 2 is 1.74 bits per heavy atom. The summed E-state index contributed by atoms with van der Waals surface area (Å²) in [5, 5.41) is -1.44. The van der Waals surface area contributed by atoms with Gasteiger partial charge >= 0.3 is 17.9 Å². The molecule has 1 unspecified atom stereocenters. The molecule has 0 bridgehead atoms. The maximum Gasteiger partial charge on any atom is 0.334 e. The van der Waals surface area contributed by atoms with Gasteiger partial charge in [-0.05, 0) is 13.8 Å². The van der Waals surface area contributed by atoms with Crippen LogP contribution in [0.4, 0.5) is 0 Å². The van der Waals surface area contributed by atoms with E-state index in [0.29, 0.717) is 0 Å². The molecule has 6 nitrogen and oxygen atoms in total. The third kappa shape index (κ3) is 3.39. The zero-order chi connectivity index (χ0) is 14.6. The van der Waals surface area contributed by atoms with Crippen LogP contribution in [0.15, 0.2) is 10.8 Å². The Morgan fingerprint density at radius 3 is 2.05 bits per heavy atom. The molecule has 0 N–H and O–H groups in total. The molecule has 1 rings (SSSR count). The van der Waals surface area contributed by atoms with Crippen molar-refractivity contribution in [1.29, 1.82) is 0 Å². The molecule has 1 aliphatic rings. The minimum atomic E-state index is -1.54. The van der Waals surface area contributed by atoms with Crippen molar-refractivity contribution in [1.82, 2.24) is 0 Å². The molecule has 0 amide bonds. The Kier molecular flexibility index (Phi) is 5.62. The van der Waals surface area contributed by atoms with Crippen LogP contribution in [-0.2, 0) is 28.6 Å². The number of carbonyl (C=O) groups excluding carboxylic acids is 3. The molecule has 1 atom stereocenters. The fourth-order valence-electron chi connectivity index (χ4n) is 1.40. The van der Waals surface area contributed by atoms with E-state index in [1.54, 1.807) is 13.8 Å². The summed E-state index contributed by atoms with van der Waals surface area (Å²) in [6.45, 7) is 3.25. The van der Waals surface area contributed by atoms with Gasteiger partial charge in [0, 0.05) is 0 Å². The molecule has 19 heavy (non-hydrogen) atoms. The number of hydrogen-bond donors (Lipinski definition) is 0. The number of ether oxygens (including phenoxy) is 3. The highest BCUT2D eigenvalue weighted by Gasteiger charge is 2.44. The highest BCUT2D eigenvalue weighted by atomic mass is 35.5. The van der Waals surface area contributed by atoms with Crippen molar-refractivity contribution in [2.24, 2.45) is 5.92 Å². The molecule has 106 valence electrons. The predicted molar refractivity (Wildman–Crippen MR) is 65.4 cm³/mol. The van der Waals surface area contributed by atoms with E-state index in [0.717, 1.165) is 0 Å². The Balaban J connectivity index is 3.07. The zero-order valence-corrected chi connectivity index (χ0v) is 11.8. The number of hydrogen-bond acceptors (Lipinski definition) is 6. The van der Waals surface area contributed by atoms with E-state index in [2.05, 4.69) is 0 Å². The summed E-state index contributed by atoms with van der Waals surface area (Å²) in [5.41, 5.74) is 0. The first-order chi connectivity index (χ1) is 8.93. The van der Waals surface area contributed by atoms with E-state index in [1.165, 1.54) is 0 Å². The number of alkyl halides is 1. The quantitative estimate of drug-likeness (QED) is 0.330. The van der Waals surface area contributed by atoms with E-state index in [4.69, 9.17) is 37.4 Å². The summed E-state index contributed by atoms with van der Waals surface area (Å²) in [4.78, 5) is 34.8. The van der Waals surface area contributed by atoms with Gasteiger partial charge in [-0.25, -0.2) is 4.79 Å². The topological polar surface area (TPSA) is 78.9 Å². The Hall–Kier alpha value is -1.27. The molecule has 0 spiro atoms. The van der Waals surface area contributed by atoms with E-state index in [9.17, 15) is 14.4 Å². The molecule has 0 fully saturated rings. The van der Waals surface area contributed by atoms with E-state index >= 15 is 0 Å². The average Bonchev–Trinajstić information content (AvgIpc) is 2.58. The highest BCUT2D eigenvalue weighted by Crippen LogP contribution is 2.34. The van der Waals surface area contributed by atoms with E-state index < -0.39 is 29.2 Å². The van der Waals surface area contributed by atoms with Crippen molar-refractivity contribution in [3.63, 3.8) is 0 Å². The van der Waals surface area contributed by atoms with Gasteiger partial charge in [0.15, 0.2) is 5.38 Å². The van der Waals surface area contributed by atoms with E-state index in [-0.39, 0.29) is 24.0 Å². The van der Waals surface area contributed by atoms with Gasteiger partial charge in [0.2, 0.25) is 5.92 Å². The molecule has 1 aliphatic heterocycles. The van der Waals surface area contributed by atoms with Crippen LogP contribution in [0.1, 0.15) is 13.8 Å². The number of cyclic esters (lactones) is 1. The summed E-state index contributed by atoms with van der Waals surface area (Å²) in [7, 11) is 0. The molecule has 0 aromatic heterocycles. The van der Waals surface area contributed by atoms with Crippen LogP contribution in [0.5, 0.6) is 0 Å². The van der Waals surface area contributed by atoms with Crippen molar-refractivity contribution in [2.75, 3.05) is 13.2 Å². The lowest BCUT2D eigenvalue weighted by Crippen LogP contribution is -2.30. The third-order valence-electron chi connectivity index (χ3n) is 2.18. The monoisotopic (exact) mass is 310 g/mol. The van der Waals surface area contributed by atoms with Crippen LogP contribution in [0.2, 0.25) is 0 Å². The van der Waals surface area contributed by atoms with Gasteiger partial charge in [0.05, 0.1) is 18.2 Å². The molecule has 0 saturated carbocycles. The minimum absolute atomic E-state index is 0.0535. The second kappa shape index (κ2) is 6.77. The summed E-state index contributed by atoms with van der Waals surface area (Å²) < 4.78 is 14.2. The van der Waals surface area contributed by atoms with Crippen LogP contribution in [-0.4, -0.2) is 36.5 Å². The Labute approximate surface area is 119 Å². The first kappa shape index (κ1) is 15.8. The standard InChI is InChI=1S/C11H12Cl2O6/c1-3-17-9(14)5(10(15)18-4-2)8-6(12)7(13)11(16)19-8/h5,7H,3-4H2,1-2H3. The molecule has 0 aromatic rings. The van der Waals surface area contributed by atoms with Crippen LogP contribution in [0, 0.1) is 5.92 Å². The van der Waals surface area contributed by atoms with Gasteiger partial charge in [-0.15, -0.1) is 11.6 Å². The Morgan fingerprint density at radius 1 is 1.26 bits per heavy atom. The van der Waals surface area contributed by atoms with Gasteiger partial charge in [-0.3, -0.25) is 9.59 Å². The fraction of sp³-hybridized carbons (Fsp3) is 0.545. The van der Waals surface area contributed by atoms with Gasteiger partial charge in [-0.1, -0.05) is 11.6 Å². The molecule has 0 radical (unpaired) electrons. The fourth-order valence-corrected chi connectivity index (χ4v) is 1.78. The highest BCUT2D eigenvalue weighted by molar-refractivity contribution is 6.44. The summed E-state index contributed by atoms with van der Waals surface area (Å²) in [6, 6.07) is 0.